The second kappa shape index (κ2) is 8.56. The second-order valence-corrected chi connectivity index (χ2v) is 5.60. The van der Waals surface area contributed by atoms with E-state index in [1.807, 2.05) is 0 Å². The monoisotopic (exact) mass is 287 g/mol. The van der Waals surface area contributed by atoms with Crippen LogP contribution in [0.1, 0.15) is 45.1 Å². The van der Waals surface area contributed by atoms with Crippen LogP contribution in [-0.4, -0.2) is 29.7 Å². The number of imidazole rings is 1. The molecule has 1 heterocycles. The number of rotatable bonds is 9. The number of aromatic nitrogens is 2. The van der Waals surface area contributed by atoms with Crippen LogP contribution in [0.3, 0.4) is 0 Å². The fourth-order valence-electron chi connectivity index (χ4n) is 1.92. The number of nitrogens with one attached hydrogen (secondary N) is 2. The van der Waals surface area contributed by atoms with Gasteiger partial charge >= 0.3 is 0 Å². The van der Waals surface area contributed by atoms with Gasteiger partial charge in [-0.3, -0.25) is 0 Å². The molecule has 0 radical (unpaired) electrons. The van der Waals surface area contributed by atoms with Crippen LogP contribution in [0, 0.1) is 5.92 Å². The highest BCUT2D eigenvalue weighted by Crippen LogP contribution is 2.15. The Kier molecular flexibility index (Phi) is 7.42. The van der Waals surface area contributed by atoms with E-state index in [9.17, 15) is 0 Å². The molecule has 2 N–H and O–H groups in total. The van der Waals surface area contributed by atoms with E-state index in [0.717, 1.165) is 30.8 Å². The molecule has 0 aliphatic heterocycles. The van der Waals surface area contributed by atoms with Crippen molar-refractivity contribution in [2.45, 2.75) is 52.6 Å². The zero-order chi connectivity index (χ0) is 14.3. The van der Waals surface area contributed by atoms with E-state index >= 15 is 0 Å². The van der Waals surface area contributed by atoms with E-state index in [4.69, 9.17) is 16.3 Å². The van der Waals surface area contributed by atoms with E-state index in [-0.39, 0.29) is 0 Å². The van der Waals surface area contributed by atoms with Crippen molar-refractivity contribution in [3.8, 4) is 0 Å². The molecule has 1 atom stereocenters. The number of ether oxygens (including phenoxy) is 1. The number of nitrogens with zero attached hydrogens (tertiary/aromatic N) is 1. The molecule has 110 valence electrons. The molecule has 0 aliphatic rings. The van der Waals surface area contributed by atoms with Crippen LogP contribution in [-0.2, 0) is 17.7 Å². The van der Waals surface area contributed by atoms with Gasteiger partial charge in [-0.05, 0) is 12.3 Å². The van der Waals surface area contributed by atoms with Crippen LogP contribution >= 0.6 is 11.6 Å². The topological polar surface area (TPSA) is 49.9 Å². The number of aromatic amines is 1. The lowest BCUT2D eigenvalue weighted by molar-refractivity contribution is 0.146. The molecule has 0 fully saturated rings. The third-order valence-corrected chi connectivity index (χ3v) is 3.55. The van der Waals surface area contributed by atoms with Gasteiger partial charge in [0.25, 0.3) is 0 Å². The van der Waals surface area contributed by atoms with Crippen molar-refractivity contribution >= 4 is 11.6 Å². The predicted molar refractivity (Wildman–Crippen MR) is 79.6 cm³/mol. The third kappa shape index (κ3) is 5.51. The molecule has 0 saturated carbocycles. The van der Waals surface area contributed by atoms with Crippen LogP contribution in [0.4, 0.5) is 0 Å². The van der Waals surface area contributed by atoms with E-state index < -0.39 is 0 Å². The van der Waals surface area contributed by atoms with Gasteiger partial charge in [-0.2, -0.15) is 0 Å². The van der Waals surface area contributed by atoms with Crippen molar-refractivity contribution in [2.75, 3.05) is 13.7 Å². The van der Waals surface area contributed by atoms with Crippen molar-refractivity contribution in [3.05, 3.63) is 16.7 Å². The van der Waals surface area contributed by atoms with Gasteiger partial charge in [0, 0.05) is 26.1 Å². The normalized spacial score (nSPS) is 13.2. The Morgan fingerprint density at radius 3 is 2.74 bits per heavy atom. The Morgan fingerprint density at radius 2 is 2.16 bits per heavy atom. The molecule has 1 aromatic rings. The summed E-state index contributed by atoms with van der Waals surface area (Å²) < 4.78 is 5.22. The van der Waals surface area contributed by atoms with Gasteiger partial charge in [0.1, 0.15) is 5.82 Å². The molecule has 0 bridgehead atoms. The van der Waals surface area contributed by atoms with Crippen LogP contribution in [0.25, 0.3) is 0 Å². The van der Waals surface area contributed by atoms with Crippen molar-refractivity contribution in [1.82, 2.24) is 15.3 Å². The van der Waals surface area contributed by atoms with Crippen LogP contribution in [0.15, 0.2) is 0 Å². The molecule has 4 nitrogen and oxygen atoms in total. The Labute approximate surface area is 121 Å². The number of methoxy groups -OCH3 is 1. The highest BCUT2D eigenvalue weighted by Gasteiger charge is 2.14. The van der Waals surface area contributed by atoms with Crippen molar-refractivity contribution < 1.29 is 4.74 Å². The Balaban J connectivity index is 2.53. The van der Waals surface area contributed by atoms with Gasteiger partial charge in [0.05, 0.1) is 12.3 Å². The summed E-state index contributed by atoms with van der Waals surface area (Å²) in [4.78, 5) is 7.66. The maximum Gasteiger partial charge on any atom is 0.151 e. The van der Waals surface area contributed by atoms with Crippen molar-refractivity contribution in [3.63, 3.8) is 0 Å². The standard InChI is InChI=1S/C14H26ClN3O/c1-5-6-7-13-17-11(14(15)18-13)8-16-12(9-19-4)10(2)3/h10,12,16H,5-9H2,1-4H3,(H,17,18). The molecule has 0 aromatic carbocycles. The Morgan fingerprint density at radius 1 is 1.42 bits per heavy atom. The molecule has 1 unspecified atom stereocenters. The molecule has 0 amide bonds. The Hall–Kier alpha value is -0.580. The van der Waals surface area contributed by atoms with Crippen LogP contribution in [0.2, 0.25) is 5.15 Å². The second-order valence-electron chi connectivity index (χ2n) is 5.24. The fourth-order valence-corrected chi connectivity index (χ4v) is 2.14. The van der Waals surface area contributed by atoms with Crippen LogP contribution < -0.4 is 5.32 Å². The number of unbranched alkanes of at least 4 members (excludes halogenated alkanes) is 1. The quantitative estimate of drug-likeness (QED) is 0.733. The van der Waals surface area contributed by atoms with Crippen molar-refractivity contribution in [1.29, 1.82) is 0 Å². The Bertz CT molecular complexity index is 366. The van der Waals surface area contributed by atoms with Gasteiger partial charge in [-0.15, -0.1) is 0 Å². The van der Waals surface area contributed by atoms with Gasteiger partial charge in [0.2, 0.25) is 0 Å². The van der Waals surface area contributed by atoms with E-state index in [1.54, 1.807) is 7.11 Å². The smallest absolute Gasteiger partial charge is 0.151 e. The first-order valence-electron chi connectivity index (χ1n) is 7.04. The summed E-state index contributed by atoms with van der Waals surface area (Å²) in [6.07, 6.45) is 3.26. The molecule has 1 aromatic heterocycles. The highest BCUT2D eigenvalue weighted by atomic mass is 35.5. The van der Waals surface area contributed by atoms with E-state index in [0.29, 0.717) is 30.3 Å². The van der Waals surface area contributed by atoms with Gasteiger partial charge in [0.15, 0.2) is 5.15 Å². The minimum absolute atomic E-state index is 0.323. The van der Waals surface area contributed by atoms with E-state index in [1.165, 1.54) is 0 Å². The lowest BCUT2D eigenvalue weighted by Crippen LogP contribution is -2.37. The van der Waals surface area contributed by atoms with Gasteiger partial charge < -0.3 is 15.0 Å². The molecule has 0 spiro atoms. The van der Waals surface area contributed by atoms with E-state index in [2.05, 4.69) is 36.1 Å². The first-order valence-corrected chi connectivity index (χ1v) is 7.41. The average molecular weight is 288 g/mol. The number of hydrogen-bond acceptors (Lipinski definition) is 3. The molecular weight excluding hydrogens is 262 g/mol. The maximum atomic E-state index is 6.15. The summed E-state index contributed by atoms with van der Waals surface area (Å²) in [5, 5.41) is 4.05. The predicted octanol–water partition coefficient (Wildman–Crippen LogP) is 3.17. The summed E-state index contributed by atoms with van der Waals surface area (Å²) in [5.41, 5.74) is 0.967. The summed E-state index contributed by atoms with van der Waals surface area (Å²) in [6, 6.07) is 0.323. The fraction of sp³-hybridized carbons (Fsp3) is 0.786. The summed E-state index contributed by atoms with van der Waals surface area (Å²) in [5.74, 6) is 1.50. The summed E-state index contributed by atoms with van der Waals surface area (Å²) in [7, 11) is 1.73. The SMILES string of the molecule is CCCCc1nc(Cl)c(CNC(COC)C(C)C)[nH]1. The molecule has 0 saturated heterocycles. The molecule has 0 aliphatic carbocycles. The zero-order valence-corrected chi connectivity index (χ0v) is 13.2. The number of aryl methyl sites for hydroxylation is 1. The highest BCUT2D eigenvalue weighted by molar-refractivity contribution is 6.30. The number of hydrogen-bond donors (Lipinski definition) is 2. The minimum Gasteiger partial charge on any atom is -0.383 e. The van der Waals surface area contributed by atoms with Gasteiger partial charge in [-0.25, -0.2) is 4.98 Å². The minimum atomic E-state index is 0.323. The van der Waals surface area contributed by atoms with Crippen LogP contribution in [0.5, 0.6) is 0 Å². The molecule has 19 heavy (non-hydrogen) atoms. The third-order valence-electron chi connectivity index (χ3n) is 3.24. The lowest BCUT2D eigenvalue weighted by Gasteiger charge is -2.21. The lowest BCUT2D eigenvalue weighted by atomic mass is 10.1. The molecule has 1 rings (SSSR count). The zero-order valence-electron chi connectivity index (χ0n) is 12.4. The first kappa shape index (κ1) is 16.5. The summed E-state index contributed by atoms with van der Waals surface area (Å²) in [6.45, 7) is 7.93. The van der Waals surface area contributed by atoms with Gasteiger partial charge in [-0.1, -0.05) is 38.8 Å². The first-order chi connectivity index (χ1) is 9.08. The number of halogens is 1. The largest absolute Gasteiger partial charge is 0.383 e. The number of H-pyrrole nitrogens is 1. The maximum absolute atomic E-state index is 6.15. The average Bonchev–Trinajstić information content (AvgIpc) is 2.72. The van der Waals surface area contributed by atoms with Crippen molar-refractivity contribution in [2.24, 2.45) is 5.92 Å². The summed E-state index contributed by atoms with van der Waals surface area (Å²) >= 11 is 6.15. The molecule has 5 heteroatoms. The molecular formula is C14H26ClN3O.